The summed E-state index contributed by atoms with van der Waals surface area (Å²) in [7, 11) is 0. The lowest BCUT2D eigenvalue weighted by Gasteiger charge is -2.35. The fourth-order valence-electron chi connectivity index (χ4n) is 4.63. The number of aromatic nitrogens is 1. The Kier molecular flexibility index (Phi) is 8.69. The van der Waals surface area contributed by atoms with E-state index in [1.807, 2.05) is 39.2 Å². The van der Waals surface area contributed by atoms with Crippen LogP contribution in [0.25, 0.3) is 0 Å². The summed E-state index contributed by atoms with van der Waals surface area (Å²) in [5.74, 6) is 0.187. The van der Waals surface area contributed by atoms with Crippen LogP contribution in [0.4, 0.5) is 4.79 Å². The number of nitrogens with one attached hydrogen (secondary N) is 1. The van der Waals surface area contributed by atoms with Crippen molar-refractivity contribution in [1.29, 1.82) is 0 Å². The van der Waals surface area contributed by atoms with Gasteiger partial charge < -0.3 is 14.7 Å². The third-order valence-corrected chi connectivity index (χ3v) is 6.30. The van der Waals surface area contributed by atoms with E-state index in [0.717, 1.165) is 45.3 Å². The van der Waals surface area contributed by atoms with Crippen molar-refractivity contribution in [3.8, 4) is 0 Å². The molecule has 2 aliphatic heterocycles. The van der Waals surface area contributed by atoms with Crippen LogP contribution in [0.2, 0.25) is 0 Å². The van der Waals surface area contributed by atoms with Crippen molar-refractivity contribution in [3.63, 3.8) is 0 Å². The van der Waals surface area contributed by atoms with E-state index in [1.54, 1.807) is 4.90 Å². The molecule has 31 heavy (non-hydrogen) atoms. The molecule has 3 heterocycles. The third kappa shape index (κ3) is 7.44. The van der Waals surface area contributed by atoms with Gasteiger partial charge in [-0.2, -0.15) is 0 Å². The molecule has 7 nitrogen and oxygen atoms in total. The largest absolute Gasteiger partial charge is 0.444 e. The molecule has 7 heteroatoms. The quantitative estimate of drug-likeness (QED) is 0.483. The number of unbranched alkanes of at least 4 members (excludes halogenated alkanes) is 1. The summed E-state index contributed by atoms with van der Waals surface area (Å²) < 4.78 is 5.44. The van der Waals surface area contributed by atoms with Gasteiger partial charge in [0.25, 0.3) is 0 Å². The Morgan fingerprint density at radius 1 is 1.26 bits per heavy atom. The zero-order chi connectivity index (χ0) is 22.3. The van der Waals surface area contributed by atoms with E-state index in [9.17, 15) is 9.90 Å². The minimum Gasteiger partial charge on any atom is -0.444 e. The lowest BCUT2D eigenvalue weighted by atomic mass is 9.95. The van der Waals surface area contributed by atoms with Gasteiger partial charge in [0.2, 0.25) is 0 Å². The molecule has 0 saturated carbocycles. The Balaban J connectivity index is 1.30. The van der Waals surface area contributed by atoms with E-state index in [2.05, 4.69) is 21.3 Å². The molecule has 0 bridgehead atoms. The first-order chi connectivity index (χ1) is 14.8. The Labute approximate surface area is 187 Å². The van der Waals surface area contributed by atoms with Crippen molar-refractivity contribution in [3.05, 3.63) is 30.1 Å². The van der Waals surface area contributed by atoms with Crippen LogP contribution in [-0.4, -0.2) is 70.5 Å². The fraction of sp³-hybridized carbons (Fsp3) is 0.750. The number of carbonyl (C=O) groups excluding carboxylic acids is 1. The highest BCUT2D eigenvalue weighted by atomic mass is 16.6. The molecule has 2 aliphatic rings. The minimum atomic E-state index is -0.504. The number of aliphatic hydroxyl groups is 1. The Bertz CT molecular complexity index is 671. The van der Waals surface area contributed by atoms with Crippen LogP contribution in [0.5, 0.6) is 0 Å². The first kappa shape index (κ1) is 24.0. The topological polar surface area (TPSA) is 77.9 Å². The average Bonchev–Trinajstić information content (AvgIpc) is 3.21. The van der Waals surface area contributed by atoms with E-state index in [-0.39, 0.29) is 12.0 Å². The first-order valence-electron chi connectivity index (χ1n) is 11.9. The molecule has 2 atom stereocenters. The SMILES string of the molecule is CC(C)(C)OC(=O)N1CCC(C(O)NCCCCN2CCC[C@H]2c2cccnc2)CC1. The normalized spacial score (nSPS) is 21.9. The molecule has 3 rings (SSSR count). The van der Waals surface area contributed by atoms with Crippen LogP contribution >= 0.6 is 0 Å². The molecule has 2 fully saturated rings. The number of ether oxygens (including phenoxy) is 1. The molecule has 1 aromatic heterocycles. The van der Waals surface area contributed by atoms with Gasteiger partial charge in [-0.25, -0.2) is 4.79 Å². The number of carbonyl (C=O) groups is 1. The second-order valence-corrected chi connectivity index (χ2v) is 9.89. The molecule has 0 spiro atoms. The smallest absolute Gasteiger partial charge is 0.410 e. The van der Waals surface area contributed by atoms with Crippen LogP contribution in [0, 0.1) is 5.92 Å². The van der Waals surface area contributed by atoms with Crippen LogP contribution in [0.3, 0.4) is 0 Å². The zero-order valence-corrected chi connectivity index (χ0v) is 19.4. The summed E-state index contributed by atoms with van der Waals surface area (Å²) in [4.78, 5) is 20.8. The molecule has 2 N–H and O–H groups in total. The molecule has 1 amide bonds. The van der Waals surface area contributed by atoms with Crippen molar-refractivity contribution >= 4 is 6.09 Å². The Morgan fingerprint density at radius 2 is 2.03 bits per heavy atom. The molecule has 1 aromatic rings. The molecule has 1 unspecified atom stereocenters. The van der Waals surface area contributed by atoms with Gasteiger partial charge in [-0.3, -0.25) is 15.2 Å². The predicted molar refractivity (Wildman–Crippen MR) is 122 cm³/mol. The summed E-state index contributed by atoms with van der Waals surface area (Å²) in [6.45, 7) is 10.00. The maximum Gasteiger partial charge on any atom is 0.410 e. The average molecular weight is 433 g/mol. The molecule has 2 saturated heterocycles. The highest BCUT2D eigenvalue weighted by Crippen LogP contribution is 2.31. The van der Waals surface area contributed by atoms with Crippen molar-refractivity contribution < 1.29 is 14.6 Å². The summed E-state index contributed by atoms with van der Waals surface area (Å²) in [6.07, 6.45) is 9.30. The van der Waals surface area contributed by atoms with Crippen LogP contribution in [0.1, 0.15) is 70.9 Å². The van der Waals surface area contributed by atoms with E-state index in [4.69, 9.17) is 4.74 Å². The second kappa shape index (κ2) is 11.2. The minimum absolute atomic E-state index is 0.187. The van der Waals surface area contributed by atoms with Gasteiger partial charge in [-0.1, -0.05) is 6.07 Å². The monoisotopic (exact) mass is 432 g/mol. The summed E-state index contributed by atoms with van der Waals surface area (Å²) in [5, 5.41) is 13.8. The Morgan fingerprint density at radius 3 is 2.71 bits per heavy atom. The number of pyridine rings is 1. The zero-order valence-electron chi connectivity index (χ0n) is 19.4. The summed E-state index contributed by atoms with van der Waals surface area (Å²) in [5.41, 5.74) is 0.855. The highest BCUT2D eigenvalue weighted by Gasteiger charge is 2.30. The highest BCUT2D eigenvalue weighted by molar-refractivity contribution is 5.68. The van der Waals surface area contributed by atoms with E-state index in [0.29, 0.717) is 19.1 Å². The van der Waals surface area contributed by atoms with E-state index >= 15 is 0 Å². The third-order valence-electron chi connectivity index (χ3n) is 6.30. The predicted octanol–water partition coefficient (Wildman–Crippen LogP) is 3.55. The van der Waals surface area contributed by atoms with E-state index < -0.39 is 11.8 Å². The van der Waals surface area contributed by atoms with Crippen molar-refractivity contribution in [2.24, 2.45) is 5.92 Å². The lowest BCUT2D eigenvalue weighted by Crippen LogP contribution is -2.46. The van der Waals surface area contributed by atoms with Gasteiger partial charge in [0.15, 0.2) is 0 Å². The number of hydrogen-bond acceptors (Lipinski definition) is 6. The fourth-order valence-corrected chi connectivity index (χ4v) is 4.63. The van der Waals surface area contributed by atoms with Gasteiger partial charge in [-0.15, -0.1) is 0 Å². The number of hydrogen-bond donors (Lipinski definition) is 2. The maximum absolute atomic E-state index is 12.2. The standard InChI is InChI=1S/C24H40N4O3/c1-24(2,3)31-23(30)28-16-10-19(11-17-28)22(29)26-13-4-5-14-27-15-7-9-21(27)20-8-6-12-25-18-20/h6,8,12,18-19,21-22,26,29H,4-5,7,9-11,13-17H2,1-3H3/t21-,22?/m0/s1. The molecule has 0 aromatic carbocycles. The van der Waals surface area contributed by atoms with Crippen molar-refractivity contribution in [2.75, 3.05) is 32.7 Å². The van der Waals surface area contributed by atoms with E-state index in [1.165, 1.54) is 18.4 Å². The molecular weight excluding hydrogens is 392 g/mol. The number of rotatable bonds is 8. The number of likely N-dealkylation sites (tertiary alicyclic amines) is 2. The number of nitrogens with zero attached hydrogens (tertiary/aromatic N) is 3. The van der Waals surface area contributed by atoms with Crippen LogP contribution in [-0.2, 0) is 4.74 Å². The van der Waals surface area contributed by atoms with Gasteiger partial charge >= 0.3 is 6.09 Å². The van der Waals surface area contributed by atoms with Crippen LogP contribution in [0.15, 0.2) is 24.5 Å². The number of aliphatic hydroxyl groups excluding tert-OH is 1. The Hall–Kier alpha value is -1.70. The second-order valence-electron chi connectivity index (χ2n) is 9.89. The van der Waals surface area contributed by atoms with Gasteiger partial charge in [0.1, 0.15) is 11.8 Å². The van der Waals surface area contributed by atoms with Gasteiger partial charge in [-0.05, 0) is 90.6 Å². The summed E-state index contributed by atoms with van der Waals surface area (Å²) in [6, 6.07) is 4.71. The number of piperidine rings is 1. The molecule has 174 valence electrons. The van der Waals surface area contributed by atoms with Crippen LogP contribution < -0.4 is 5.32 Å². The molecule has 0 aliphatic carbocycles. The number of amides is 1. The first-order valence-corrected chi connectivity index (χ1v) is 11.9. The van der Waals surface area contributed by atoms with Gasteiger partial charge in [0, 0.05) is 37.4 Å². The molecule has 0 radical (unpaired) electrons. The summed E-state index contributed by atoms with van der Waals surface area (Å²) >= 11 is 0. The molecular formula is C24H40N4O3. The lowest BCUT2D eigenvalue weighted by molar-refractivity contribution is 0.00236. The van der Waals surface area contributed by atoms with Gasteiger partial charge in [0.05, 0.1) is 0 Å². The van der Waals surface area contributed by atoms with Crippen molar-refractivity contribution in [1.82, 2.24) is 20.1 Å². The maximum atomic E-state index is 12.2. The van der Waals surface area contributed by atoms with Crippen molar-refractivity contribution in [2.45, 2.75) is 77.2 Å².